The smallest absolute Gasteiger partial charge is 0.336 e. The third-order valence-electron chi connectivity index (χ3n) is 4.81. The molecule has 0 spiro atoms. The Morgan fingerprint density at radius 1 is 1.03 bits per heavy atom. The number of hydrogen-bond donors (Lipinski definition) is 1. The molecular weight excluding hydrogens is 398 g/mol. The molecule has 0 aliphatic carbocycles. The Hall–Kier alpha value is -3.86. The fourth-order valence-corrected chi connectivity index (χ4v) is 3.41. The molecule has 0 aliphatic heterocycles. The first kappa shape index (κ1) is 21.4. The van der Waals surface area contributed by atoms with Crippen molar-refractivity contribution in [2.75, 3.05) is 5.32 Å². The van der Waals surface area contributed by atoms with Crippen LogP contribution in [0, 0.1) is 6.92 Å². The van der Waals surface area contributed by atoms with Gasteiger partial charge in [0.25, 0.3) is 0 Å². The average molecular weight is 426 g/mol. The highest BCUT2D eigenvalue weighted by molar-refractivity contribution is 5.89. The van der Waals surface area contributed by atoms with Crippen LogP contribution in [-0.2, 0) is 4.79 Å². The lowest BCUT2D eigenvalue weighted by molar-refractivity contribution is -0.128. The maximum Gasteiger partial charge on any atom is 0.336 e. The van der Waals surface area contributed by atoms with E-state index in [0.29, 0.717) is 5.75 Å². The average Bonchev–Trinajstić information content (AvgIpc) is 3.09. The van der Waals surface area contributed by atoms with E-state index in [9.17, 15) is 4.79 Å². The molecule has 0 saturated heterocycles. The summed E-state index contributed by atoms with van der Waals surface area (Å²) in [5.74, 6) is 0.949. The number of anilines is 1. The second kappa shape index (κ2) is 8.71. The molecule has 2 heterocycles. The number of ether oxygens (including phenoxy) is 1. The lowest BCUT2D eigenvalue weighted by atomic mass is 10.1. The van der Waals surface area contributed by atoms with Crippen LogP contribution in [0.2, 0.25) is 0 Å². The summed E-state index contributed by atoms with van der Waals surface area (Å²) in [5.41, 5.74) is 4.47. The van der Waals surface area contributed by atoms with Gasteiger partial charge in [0.15, 0.2) is 0 Å². The Labute approximate surface area is 188 Å². The van der Waals surface area contributed by atoms with Crippen molar-refractivity contribution >= 4 is 23.5 Å². The van der Waals surface area contributed by atoms with Gasteiger partial charge in [0.1, 0.15) is 22.9 Å². The first-order valence-corrected chi connectivity index (χ1v) is 10.6. The van der Waals surface area contributed by atoms with Gasteiger partial charge in [0.2, 0.25) is 0 Å². The molecule has 4 rings (SSSR count). The molecule has 0 radical (unpaired) electrons. The van der Waals surface area contributed by atoms with Gasteiger partial charge in [-0.15, -0.1) is 0 Å². The number of hydrogen-bond acceptors (Lipinski definition) is 4. The molecule has 5 heteroatoms. The predicted molar refractivity (Wildman–Crippen MR) is 130 cm³/mol. The third kappa shape index (κ3) is 5.06. The van der Waals surface area contributed by atoms with Gasteiger partial charge in [-0.25, -0.2) is 9.78 Å². The van der Waals surface area contributed by atoms with Gasteiger partial charge in [0.05, 0.1) is 0 Å². The summed E-state index contributed by atoms with van der Waals surface area (Å²) < 4.78 is 7.60. The molecule has 2 aromatic carbocycles. The third-order valence-corrected chi connectivity index (χ3v) is 4.81. The summed E-state index contributed by atoms with van der Waals surface area (Å²) in [6.45, 7) is 8.39. The normalized spacial score (nSPS) is 11.8. The predicted octanol–water partition coefficient (Wildman–Crippen LogP) is 6.14. The van der Waals surface area contributed by atoms with E-state index in [4.69, 9.17) is 9.72 Å². The Morgan fingerprint density at radius 2 is 1.81 bits per heavy atom. The number of rotatable bonds is 5. The van der Waals surface area contributed by atoms with Crippen LogP contribution in [0.25, 0.3) is 23.0 Å². The summed E-state index contributed by atoms with van der Waals surface area (Å²) in [6.07, 6.45) is 5.19. The number of carbonyl (C=O) groups excluding carboxylic acids is 1. The highest BCUT2D eigenvalue weighted by Crippen LogP contribution is 2.32. The van der Waals surface area contributed by atoms with E-state index in [-0.39, 0.29) is 5.54 Å². The molecule has 0 bridgehead atoms. The van der Waals surface area contributed by atoms with Crippen molar-refractivity contribution in [3.05, 3.63) is 90.1 Å². The largest absolute Gasteiger partial charge is 0.423 e. The number of nitrogens with one attached hydrogen (secondary N) is 1. The summed E-state index contributed by atoms with van der Waals surface area (Å²) in [6, 6.07) is 21.2. The van der Waals surface area contributed by atoms with E-state index in [1.807, 2.05) is 61.7 Å². The first-order valence-electron chi connectivity index (χ1n) is 10.6. The molecule has 0 atom stereocenters. The standard InChI is InChI=1S/C27H27N3O2/c1-19-15-16-30-23(17-19)28-25(26(30)29-27(2,3)4)21-11-8-12-22(18-21)32-24(31)14-13-20-9-6-5-7-10-20/h5-18,29H,1-4H3. The van der Waals surface area contributed by atoms with Crippen LogP contribution in [0.1, 0.15) is 31.9 Å². The Morgan fingerprint density at radius 3 is 2.56 bits per heavy atom. The fourth-order valence-electron chi connectivity index (χ4n) is 3.41. The van der Waals surface area contributed by atoms with E-state index in [2.05, 4.69) is 42.6 Å². The summed E-state index contributed by atoms with van der Waals surface area (Å²) in [5, 5.41) is 3.57. The first-order chi connectivity index (χ1) is 15.3. The van der Waals surface area contributed by atoms with Crippen LogP contribution >= 0.6 is 0 Å². The van der Waals surface area contributed by atoms with E-state index in [0.717, 1.165) is 33.8 Å². The number of aromatic nitrogens is 2. The minimum absolute atomic E-state index is 0.151. The summed E-state index contributed by atoms with van der Waals surface area (Å²) in [4.78, 5) is 17.2. The van der Waals surface area contributed by atoms with Gasteiger partial charge >= 0.3 is 5.97 Å². The van der Waals surface area contributed by atoms with Gasteiger partial charge in [-0.2, -0.15) is 0 Å². The number of aryl methyl sites for hydroxylation is 1. The Kier molecular flexibility index (Phi) is 5.82. The topological polar surface area (TPSA) is 55.6 Å². The SMILES string of the molecule is Cc1ccn2c(NC(C)(C)C)c(-c3cccc(OC(=O)C=Cc4ccccc4)c3)nc2c1. The van der Waals surface area contributed by atoms with E-state index < -0.39 is 5.97 Å². The summed E-state index contributed by atoms with van der Waals surface area (Å²) >= 11 is 0. The number of fused-ring (bicyclic) bond motifs is 1. The molecule has 4 aromatic rings. The van der Waals surface area contributed by atoms with Crippen molar-refractivity contribution in [3.8, 4) is 17.0 Å². The van der Waals surface area contributed by atoms with Crippen LogP contribution in [0.15, 0.2) is 79.0 Å². The maximum atomic E-state index is 12.3. The Bertz CT molecular complexity index is 1280. The Balaban J connectivity index is 1.65. The number of benzene rings is 2. The van der Waals surface area contributed by atoms with Crippen LogP contribution in [0.5, 0.6) is 5.75 Å². The highest BCUT2D eigenvalue weighted by Gasteiger charge is 2.19. The number of imidazole rings is 1. The second-order valence-electron chi connectivity index (χ2n) is 8.81. The zero-order valence-corrected chi connectivity index (χ0v) is 18.8. The molecule has 0 fully saturated rings. The molecule has 0 unspecified atom stereocenters. The highest BCUT2D eigenvalue weighted by atomic mass is 16.5. The van der Waals surface area contributed by atoms with Crippen LogP contribution < -0.4 is 10.1 Å². The van der Waals surface area contributed by atoms with E-state index >= 15 is 0 Å². The maximum absolute atomic E-state index is 12.3. The van der Waals surface area contributed by atoms with Gasteiger partial charge in [-0.3, -0.25) is 4.40 Å². The summed E-state index contributed by atoms with van der Waals surface area (Å²) in [7, 11) is 0. The van der Waals surface area contributed by atoms with Gasteiger partial charge in [-0.05, 0) is 69.2 Å². The molecule has 162 valence electrons. The van der Waals surface area contributed by atoms with Gasteiger partial charge in [0, 0.05) is 23.4 Å². The lowest BCUT2D eigenvalue weighted by Gasteiger charge is -2.22. The van der Waals surface area contributed by atoms with E-state index in [1.54, 1.807) is 12.1 Å². The molecular formula is C27H27N3O2. The van der Waals surface area contributed by atoms with Crippen molar-refractivity contribution in [2.45, 2.75) is 33.2 Å². The minimum atomic E-state index is -0.426. The zero-order valence-electron chi connectivity index (χ0n) is 18.8. The number of carbonyl (C=O) groups is 1. The second-order valence-corrected chi connectivity index (χ2v) is 8.81. The zero-order chi connectivity index (χ0) is 22.7. The van der Waals surface area contributed by atoms with Crippen LogP contribution in [-0.4, -0.2) is 20.9 Å². The lowest BCUT2D eigenvalue weighted by Crippen LogP contribution is -2.27. The monoisotopic (exact) mass is 425 g/mol. The van der Waals surface area contributed by atoms with Crippen molar-refractivity contribution in [1.82, 2.24) is 9.38 Å². The van der Waals surface area contributed by atoms with Crippen molar-refractivity contribution in [2.24, 2.45) is 0 Å². The fraction of sp³-hybridized carbons (Fsp3) is 0.185. The molecule has 0 saturated carbocycles. The van der Waals surface area contributed by atoms with Crippen molar-refractivity contribution < 1.29 is 9.53 Å². The molecule has 0 aliphatic rings. The van der Waals surface area contributed by atoms with Crippen LogP contribution in [0.4, 0.5) is 5.82 Å². The van der Waals surface area contributed by atoms with Crippen molar-refractivity contribution in [3.63, 3.8) is 0 Å². The van der Waals surface area contributed by atoms with Gasteiger partial charge in [-0.1, -0.05) is 42.5 Å². The quantitative estimate of drug-likeness (QED) is 0.237. The number of nitrogens with zero attached hydrogens (tertiary/aromatic N) is 2. The van der Waals surface area contributed by atoms with Gasteiger partial charge < -0.3 is 10.1 Å². The number of pyridine rings is 1. The van der Waals surface area contributed by atoms with Crippen LogP contribution in [0.3, 0.4) is 0 Å². The van der Waals surface area contributed by atoms with E-state index in [1.165, 1.54) is 6.08 Å². The molecule has 32 heavy (non-hydrogen) atoms. The number of esters is 1. The molecule has 0 amide bonds. The minimum Gasteiger partial charge on any atom is -0.423 e. The van der Waals surface area contributed by atoms with Crippen molar-refractivity contribution in [1.29, 1.82) is 0 Å². The molecule has 1 N–H and O–H groups in total. The molecule has 2 aromatic heterocycles. The molecule has 5 nitrogen and oxygen atoms in total.